The zero-order valence-corrected chi connectivity index (χ0v) is 11.5. The minimum absolute atomic E-state index is 0.0612. The smallest absolute Gasteiger partial charge is 0.313 e. The monoisotopic (exact) mass is 264 g/mol. The van der Waals surface area contributed by atoms with Crippen molar-refractivity contribution in [2.45, 2.75) is 33.3 Å². The van der Waals surface area contributed by atoms with E-state index < -0.39 is 5.97 Å². The van der Waals surface area contributed by atoms with Crippen LogP contribution in [0.1, 0.15) is 31.4 Å². The first-order valence-electron chi connectivity index (χ1n) is 6.48. The summed E-state index contributed by atoms with van der Waals surface area (Å²) < 4.78 is 9.96. The van der Waals surface area contributed by atoms with Gasteiger partial charge in [-0.05, 0) is 24.5 Å². The van der Waals surface area contributed by atoms with Gasteiger partial charge in [-0.15, -0.1) is 0 Å². The molecule has 0 atom stereocenters. The van der Waals surface area contributed by atoms with Gasteiger partial charge >= 0.3 is 5.97 Å². The number of ether oxygens (including phenoxy) is 2. The van der Waals surface area contributed by atoms with E-state index in [2.05, 4.69) is 11.7 Å². The molecule has 0 radical (unpaired) electrons. The molecular formula is C15H20O4. The number of ketones is 1. The quantitative estimate of drug-likeness (QED) is 0.534. The summed E-state index contributed by atoms with van der Waals surface area (Å²) in [5.41, 5.74) is 2.28. The minimum atomic E-state index is -0.497. The maximum Gasteiger partial charge on any atom is 0.313 e. The number of hydrogen-bond acceptors (Lipinski definition) is 4. The largest absolute Gasteiger partial charge is 0.466 e. The Labute approximate surface area is 113 Å². The summed E-state index contributed by atoms with van der Waals surface area (Å²) in [4.78, 5) is 22.5. The Bertz CT molecular complexity index is 409. The van der Waals surface area contributed by atoms with E-state index in [0.29, 0.717) is 6.61 Å². The van der Waals surface area contributed by atoms with Crippen molar-refractivity contribution in [1.82, 2.24) is 0 Å². The fraction of sp³-hybridized carbons (Fsp3) is 0.467. The van der Waals surface area contributed by atoms with Gasteiger partial charge in [-0.25, -0.2) is 0 Å². The van der Waals surface area contributed by atoms with Gasteiger partial charge < -0.3 is 9.47 Å². The summed E-state index contributed by atoms with van der Waals surface area (Å²) in [6.45, 7) is 4.40. The average molecular weight is 264 g/mol. The Morgan fingerprint density at radius 2 is 1.68 bits per heavy atom. The fourth-order valence-electron chi connectivity index (χ4n) is 1.58. The van der Waals surface area contributed by atoms with Gasteiger partial charge in [0.05, 0.1) is 13.2 Å². The summed E-state index contributed by atoms with van der Waals surface area (Å²) >= 11 is 0. The molecule has 19 heavy (non-hydrogen) atoms. The van der Waals surface area contributed by atoms with Gasteiger partial charge in [0.1, 0.15) is 13.0 Å². The van der Waals surface area contributed by atoms with E-state index in [0.717, 1.165) is 12.0 Å². The van der Waals surface area contributed by atoms with Crippen molar-refractivity contribution in [3.8, 4) is 0 Å². The lowest BCUT2D eigenvalue weighted by atomic mass is 10.1. The van der Waals surface area contributed by atoms with Gasteiger partial charge in [0.2, 0.25) is 0 Å². The molecule has 0 bridgehead atoms. The molecule has 0 aliphatic rings. The summed E-state index contributed by atoms with van der Waals surface area (Å²) in [7, 11) is 0. The highest BCUT2D eigenvalue weighted by Crippen LogP contribution is 2.06. The number of carbonyl (C=O) groups excluding carboxylic acids is 2. The summed E-state index contributed by atoms with van der Waals surface area (Å²) in [6, 6.07) is 8.04. The number of carbonyl (C=O) groups is 2. The predicted molar refractivity (Wildman–Crippen MR) is 71.7 cm³/mol. The number of hydrogen-bond donors (Lipinski definition) is 0. The number of Topliss-reactive ketones (excluding diaryl/α,β-unsaturated/α-hetero) is 1. The molecule has 0 saturated heterocycles. The molecule has 0 aliphatic heterocycles. The van der Waals surface area contributed by atoms with Gasteiger partial charge in [-0.2, -0.15) is 0 Å². The van der Waals surface area contributed by atoms with E-state index in [1.165, 1.54) is 5.56 Å². The molecule has 4 nitrogen and oxygen atoms in total. The number of esters is 1. The fourth-order valence-corrected chi connectivity index (χ4v) is 1.58. The van der Waals surface area contributed by atoms with Crippen molar-refractivity contribution in [3.05, 3.63) is 35.4 Å². The third-order valence-corrected chi connectivity index (χ3v) is 2.61. The molecule has 0 N–H and O–H groups in total. The first-order chi connectivity index (χ1) is 9.15. The number of rotatable bonds is 8. The first kappa shape index (κ1) is 15.4. The molecular weight excluding hydrogens is 244 g/mol. The SMILES string of the molecule is CCOC(=O)CC(=O)COCc1ccc(CC)cc1. The first-order valence-corrected chi connectivity index (χ1v) is 6.48. The maximum absolute atomic E-state index is 11.4. The van der Waals surface area contributed by atoms with Gasteiger partial charge in [0, 0.05) is 0 Å². The third-order valence-electron chi connectivity index (χ3n) is 2.61. The van der Waals surface area contributed by atoms with Gasteiger partial charge in [-0.1, -0.05) is 31.2 Å². The lowest BCUT2D eigenvalue weighted by Gasteiger charge is -2.05. The van der Waals surface area contributed by atoms with Crippen LogP contribution >= 0.6 is 0 Å². The van der Waals surface area contributed by atoms with Crippen LogP contribution in [0.5, 0.6) is 0 Å². The summed E-state index contributed by atoms with van der Waals surface area (Å²) in [5, 5.41) is 0. The van der Waals surface area contributed by atoms with Crippen LogP contribution in [0.2, 0.25) is 0 Å². The highest BCUT2D eigenvalue weighted by Gasteiger charge is 2.10. The number of benzene rings is 1. The Morgan fingerprint density at radius 3 is 2.26 bits per heavy atom. The van der Waals surface area contributed by atoms with Crippen LogP contribution in [-0.4, -0.2) is 25.0 Å². The lowest BCUT2D eigenvalue weighted by molar-refractivity contribution is -0.146. The molecule has 1 rings (SSSR count). The third kappa shape index (κ3) is 6.15. The molecule has 4 heteroatoms. The van der Waals surface area contributed by atoms with Crippen molar-refractivity contribution < 1.29 is 19.1 Å². The average Bonchev–Trinajstić information content (AvgIpc) is 2.39. The standard InChI is InChI=1S/C15H20O4/c1-3-12-5-7-13(8-6-12)10-18-11-14(16)9-15(17)19-4-2/h5-8H,3-4,9-11H2,1-2H3. The van der Waals surface area contributed by atoms with E-state index in [9.17, 15) is 9.59 Å². The molecule has 1 aromatic carbocycles. The van der Waals surface area contributed by atoms with Crippen LogP contribution < -0.4 is 0 Å². The highest BCUT2D eigenvalue weighted by atomic mass is 16.5. The lowest BCUT2D eigenvalue weighted by Crippen LogP contribution is -2.15. The van der Waals surface area contributed by atoms with Crippen LogP contribution in [0.25, 0.3) is 0 Å². The molecule has 0 saturated carbocycles. The minimum Gasteiger partial charge on any atom is -0.466 e. The molecule has 0 aromatic heterocycles. The van der Waals surface area contributed by atoms with Crippen LogP contribution in [0.4, 0.5) is 0 Å². The molecule has 0 unspecified atom stereocenters. The highest BCUT2D eigenvalue weighted by molar-refractivity contribution is 5.96. The summed E-state index contributed by atoms with van der Waals surface area (Å²) in [5.74, 6) is -0.757. The Balaban J connectivity index is 2.25. The van der Waals surface area contributed by atoms with Gasteiger partial charge in [0.25, 0.3) is 0 Å². The topological polar surface area (TPSA) is 52.6 Å². The predicted octanol–water partition coefficient (Wildman–Crippen LogP) is 2.29. The second-order valence-electron chi connectivity index (χ2n) is 4.18. The Hall–Kier alpha value is -1.68. The van der Waals surface area contributed by atoms with Crippen molar-refractivity contribution in [1.29, 1.82) is 0 Å². The van der Waals surface area contributed by atoms with E-state index in [1.54, 1.807) is 6.92 Å². The van der Waals surface area contributed by atoms with E-state index in [-0.39, 0.29) is 25.4 Å². The molecule has 0 fully saturated rings. The Morgan fingerprint density at radius 1 is 1.05 bits per heavy atom. The van der Waals surface area contributed by atoms with E-state index in [4.69, 9.17) is 4.74 Å². The zero-order valence-electron chi connectivity index (χ0n) is 11.5. The molecule has 0 heterocycles. The van der Waals surface area contributed by atoms with Crippen LogP contribution in [0, 0.1) is 0 Å². The van der Waals surface area contributed by atoms with Crippen molar-refractivity contribution in [2.75, 3.05) is 13.2 Å². The summed E-state index contributed by atoms with van der Waals surface area (Å²) in [6.07, 6.45) is 0.780. The Kier molecular flexibility index (Phi) is 6.82. The molecule has 1 aromatic rings. The van der Waals surface area contributed by atoms with Crippen LogP contribution in [-0.2, 0) is 32.1 Å². The second kappa shape index (κ2) is 8.43. The van der Waals surface area contributed by atoms with Crippen molar-refractivity contribution >= 4 is 11.8 Å². The van der Waals surface area contributed by atoms with E-state index in [1.807, 2.05) is 24.3 Å². The molecule has 104 valence electrons. The van der Waals surface area contributed by atoms with E-state index >= 15 is 0 Å². The molecule has 0 spiro atoms. The van der Waals surface area contributed by atoms with Gasteiger partial charge in [0.15, 0.2) is 5.78 Å². The number of aryl methyl sites for hydroxylation is 1. The van der Waals surface area contributed by atoms with Crippen LogP contribution in [0.15, 0.2) is 24.3 Å². The maximum atomic E-state index is 11.4. The second-order valence-corrected chi connectivity index (χ2v) is 4.18. The van der Waals surface area contributed by atoms with Crippen LogP contribution in [0.3, 0.4) is 0 Å². The molecule has 0 amide bonds. The van der Waals surface area contributed by atoms with Crippen molar-refractivity contribution in [3.63, 3.8) is 0 Å². The van der Waals surface area contributed by atoms with Gasteiger partial charge in [-0.3, -0.25) is 9.59 Å². The molecule has 0 aliphatic carbocycles. The van der Waals surface area contributed by atoms with Crippen molar-refractivity contribution in [2.24, 2.45) is 0 Å². The normalized spacial score (nSPS) is 10.2. The zero-order chi connectivity index (χ0) is 14.1.